The van der Waals surface area contributed by atoms with Crippen molar-refractivity contribution in [2.75, 3.05) is 13.2 Å². The summed E-state index contributed by atoms with van der Waals surface area (Å²) in [5, 5.41) is 97.3. The van der Waals surface area contributed by atoms with Gasteiger partial charge in [-0.05, 0) is 124 Å². The van der Waals surface area contributed by atoms with Crippen molar-refractivity contribution in [2.24, 2.45) is 45.3 Å². The third-order valence-corrected chi connectivity index (χ3v) is 16.7. The van der Waals surface area contributed by atoms with E-state index in [0.717, 1.165) is 44.1 Å². The van der Waals surface area contributed by atoms with Gasteiger partial charge < -0.3 is 64.9 Å². The molecule has 0 aromatic carbocycles. The van der Waals surface area contributed by atoms with Crippen molar-refractivity contribution < 1.29 is 64.9 Å². The zero-order chi connectivity index (χ0) is 40.6. The lowest BCUT2D eigenvalue weighted by Gasteiger charge is -2.71. The number of allylic oxidation sites excluding steroid dienone is 1. The summed E-state index contributed by atoms with van der Waals surface area (Å²) in [4.78, 5) is 0. The van der Waals surface area contributed by atoms with E-state index in [-0.39, 0.29) is 40.6 Å². The van der Waals surface area contributed by atoms with Crippen LogP contribution < -0.4 is 0 Å². The van der Waals surface area contributed by atoms with Gasteiger partial charge in [-0.1, -0.05) is 46.3 Å². The quantitative estimate of drug-likeness (QED) is 0.145. The summed E-state index contributed by atoms with van der Waals surface area (Å²) in [5.74, 6) is 0.501. The first-order valence-corrected chi connectivity index (χ1v) is 20.9. The second kappa shape index (κ2) is 15.7. The molecule has 4 aliphatic carbocycles. The van der Waals surface area contributed by atoms with Crippen LogP contribution in [0.1, 0.15) is 113 Å². The minimum Gasteiger partial charge on any atom is -0.394 e. The molecule has 13 heteroatoms. The lowest BCUT2D eigenvalue weighted by Crippen LogP contribution is -2.68. The van der Waals surface area contributed by atoms with Crippen molar-refractivity contribution in [2.45, 2.75) is 192 Å². The van der Waals surface area contributed by atoms with Gasteiger partial charge >= 0.3 is 0 Å². The van der Waals surface area contributed by atoms with Gasteiger partial charge in [0.2, 0.25) is 0 Å². The van der Waals surface area contributed by atoms with E-state index < -0.39 is 91.2 Å². The first-order chi connectivity index (χ1) is 25.6. The number of rotatable bonds is 10. The zero-order valence-corrected chi connectivity index (χ0v) is 34.3. The fourth-order valence-electron chi connectivity index (χ4n) is 13.5. The molecule has 6 fully saturated rings. The van der Waals surface area contributed by atoms with Crippen LogP contribution in [0.3, 0.4) is 0 Å². The van der Waals surface area contributed by atoms with E-state index in [2.05, 4.69) is 34.6 Å². The summed E-state index contributed by atoms with van der Waals surface area (Å²) in [7, 11) is 0. The van der Waals surface area contributed by atoms with Crippen LogP contribution in [0.5, 0.6) is 0 Å². The maximum Gasteiger partial charge on any atom is 0.187 e. The Bertz CT molecular complexity index is 1380. The molecule has 0 radical (unpaired) electrons. The van der Waals surface area contributed by atoms with Crippen LogP contribution in [0, 0.1) is 45.3 Å². The van der Waals surface area contributed by atoms with Gasteiger partial charge in [0.05, 0.1) is 37.1 Å². The lowest BCUT2D eigenvalue weighted by atomic mass is 9.35. The highest BCUT2D eigenvalue weighted by Crippen LogP contribution is 2.76. The molecule has 2 saturated heterocycles. The fraction of sp³-hybridized carbons (Fsp3) is 0.952. The molecule has 9 N–H and O–H groups in total. The van der Waals surface area contributed by atoms with Gasteiger partial charge in [0, 0.05) is 0 Å². The van der Waals surface area contributed by atoms with E-state index in [1.165, 1.54) is 6.92 Å². The predicted octanol–water partition coefficient (Wildman–Crippen LogP) is 2.15. The van der Waals surface area contributed by atoms with Gasteiger partial charge in [-0.3, -0.25) is 0 Å². The third kappa shape index (κ3) is 7.10. The highest BCUT2D eigenvalue weighted by atomic mass is 16.8. The average molecular weight is 785 g/mol. The molecule has 13 nitrogen and oxygen atoms in total. The Morgan fingerprint density at radius 2 is 1.49 bits per heavy atom. The SMILES string of the molecule is C/C(=C/CC[C@@](C)(O[C@@H]1O[C@H](CO)[C@@H](O)[C@H](O)[C@H]1O[C@@H]1O[C@@H](C)[C@H](O)[C@@H](O)[C@H]1O)[C@H]1CC[C@]2(C)[C@@H]1CC[C@@H]1[C@@]3(C)CC[C@H](O)C(C)(C)[C@@H]3[C@@H](O)C[C@]12C)CO. The van der Waals surface area contributed by atoms with Gasteiger partial charge in [0.1, 0.15) is 42.7 Å². The van der Waals surface area contributed by atoms with Crippen LogP contribution in [0.4, 0.5) is 0 Å². The van der Waals surface area contributed by atoms with Crippen LogP contribution >= 0.6 is 0 Å². The van der Waals surface area contributed by atoms with E-state index in [1.807, 2.05) is 19.9 Å². The smallest absolute Gasteiger partial charge is 0.187 e. The van der Waals surface area contributed by atoms with Gasteiger partial charge in [-0.25, -0.2) is 0 Å². The van der Waals surface area contributed by atoms with E-state index in [9.17, 15) is 46.0 Å². The molecule has 6 aliphatic rings. The van der Waals surface area contributed by atoms with Crippen molar-refractivity contribution in [1.29, 1.82) is 0 Å². The van der Waals surface area contributed by atoms with E-state index in [1.54, 1.807) is 0 Å². The predicted molar refractivity (Wildman–Crippen MR) is 201 cm³/mol. The summed E-state index contributed by atoms with van der Waals surface area (Å²) in [6.45, 7) is 16.1. The Hall–Kier alpha value is -0.780. The number of hydrogen-bond donors (Lipinski definition) is 9. The van der Waals surface area contributed by atoms with Crippen LogP contribution in [0.2, 0.25) is 0 Å². The number of ether oxygens (including phenoxy) is 4. The van der Waals surface area contributed by atoms with Crippen LogP contribution in [-0.4, -0.2) is 138 Å². The van der Waals surface area contributed by atoms with Crippen molar-refractivity contribution in [3.63, 3.8) is 0 Å². The first kappa shape index (κ1) is 43.8. The van der Waals surface area contributed by atoms with Gasteiger partial charge in [0.15, 0.2) is 12.6 Å². The Morgan fingerprint density at radius 3 is 2.15 bits per heavy atom. The standard InChI is InChI=1S/C42H72O13/c1-21(19-43)10-9-15-42(8,55-37-34(32(50)30(48)26(20-44)53-37)54-36-33(51)31(49)29(47)22(2)52-36)24-13-17-40(6)23(24)11-12-27-39(5)16-14-28(46)38(3,4)35(39)25(45)18-41(27,40)7/h10,22-37,43-51H,9,11-20H2,1-8H3/b21-10-/t22-,23+,24-,25-,26+,27+,28-,29-,30+,31+,32-,33+,34+,35-,36-,37-,39+,40+,41+,42+/m0/s1. The second-order valence-corrected chi connectivity index (χ2v) is 20.0. The van der Waals surface area contributed by atoms with Crippen molar-refractivity contribution in [3.05, 3.63) is 11.6 Å². The topological polar surface area (TPSA) is 219 Å². The Labute approximate surface area is 327 Å². The first-order valence-electron chi connectivity index (χ1n) is 20.9. The maximum absolute atomic E-state index is 12.1. The lowest BCUT2D eigenvalue weighted by molar-refractivity contribution is -0.379. The molecule has 20 atom stereocenters. The Balaban J connectivity index is 1.34. The summed E-state index contributed by atoms with van der Waals surface area (Å²) < 4.78 is 25.1. The van der Waals surface area contributed by atoms with Gasteiger partial charge in [0.25, 0.3) is 0 Å². The minimum absolute atomic E-state index is 0.0141. The summed E-state index contributed by atoms with van der Waals surface area (Å²) in [6, 6.07) is 0. The van der Waals surface area contributed by atoms with Gasteiger partial charge in [-0.2, -0.15) is 0 Å². The summed E-state index contributed by atoms with van der Waals surface area (Å²) in [6.07, 6.45) is -6.30. The normalized spacial score (nSPS) is 52.5. The Kier molecular flexibility index (Phi) is 12.5. The van der Waals surface area contributed by atoms with E-state index in [0.29, 0.717) is 25.2 Å². The molecule has 0 aromatic heterocycles. The van der Waals surface area contributed by atoms with E-state index in [4.69, 9.17) is 18.9 Å². The number of aliphatic hydroxyl groups is 9. The molecule has 2 aliphatic heterocycles. The third-order valence-electron chi connectivity index (χ3n) is 16.7. The van der Waals surface area contributed by atoms with Crippen molar-refractivity contribution >= 4 is 0 Å². The molecule has 4 saturated carbocycles. The van der Waals surface area contributed by atoms with Gasteiger partial charge in [-0.15, -0.1) is 0 Å². The largest absolute Gasteiger partial charge is 0.394 e. The molecule has 6 rings (SSSR count). The molecule has 0 spiro atoms. The van der Waals surface area contributed by atoms with Crippen LogP contribution in [0.25, 0.3) is 0 Å². The second-order valence-electron chi connectivity index (χ2n) is 20.0. The molecular formula is C42H72O13. The Morgan fingerprint density at radius 1 is 0.800 bits per heavy atom. The van der Waals surface area contributed by atoms with Crippen LogP contribution in [0.15, 0.2) is 11.6 Å². The average Bonchev–Trinajstić information content (AvgIpc) is 3.49. The number of hydrogen-bond acceptors (Lipinski definition) is 13. The van der Waals surface area contributed by atoms with Crippen molar-refractivity contribution in [3.8, 4) is 0 Å². The van der Waals surface area contributed by atoms with Crippen molar-refractivity contribution in [1.82, 2.24) is 0 Å². The molecule has 0 unspecified atom stereocenters. The molecule has 55 heavy (non-hydrogen) atoms. The minimum atomic E-state index is -1.68. The highest BCUT2D eigenvalue weighted by molar-refractivity contribution is 5.20. The maximum atomic E-state index is 12.1. The summed E-state index contributed by atoms with van der Waals surface area (Å²) in [5.41, 5.74) is -1.02. The zero-order valence-electron chi connectivity index (χ0n) is 34.3. The number of aliphatic hydroxyl groups excluding tert-OH is 9. The van der Waals surface area contributed by atoms with Crippen LogP contribution in [-0.2, 0) is 18.9 Å². The molecule has 2 heterocycles. The molecule has 318 valence electrons. The van der Waals surface area contributed by atoms with E-state index >= 15 is 0 Å². The molecule has 0 bridgehead atoms. The molecular weight excluding hydrogens is 712 g/mol. The highest BCUT2D eigenvalue weighted by Gasteiger charge is 2.71. The summed E-state index contributed by atoms with van der Waals surface area (Å²) >= 11 is 0. The number of fused-ring (bicyclic) bond motifs is 5. The molecule has 0 amide bonds. The fourth-order valence-corrected chi connectivity index (χ4v) is 13.5. The molecule has 0 aromatic rings. The monoisotopic (exact) mass is 784 g/mol.